The number of benzene rings is 1. The molecule has 4 nitrogen and oxygen atoms in total. The van der Waals surface area contributed by atoms with Crippen molar-refractivity contribution in [2.45, 2.75) is 37.5 Å². The van der Waals surface area contributed by atoms with E-state index in [2.05, 4.69) is 10.3 Å². The number of rotatable bonds is 6. The minimum Gasteiger partial charge on any atom is -0.339 e. The number of piperazine rings is 1. The predicted molar refractivity (Wildman–Crippen MR) is 119 cm³/mol. The quantitative estimate of drug-likeness (QED) is 0.654. The molecule has 2 heterocycles. The van der Waals surface area contributed by atoms with Crippen molar-refractivity contribution in [1.82, 2.24) is 14.8 Å². The first-order chi connectivity index (χ1) is 13.7. The lowest BCUT2D eigenvalue weighted by Crippen LogP contribution is -2.48. The van der Waals surface area contributed by atoms with Crippen LogP contribution in [0.3, 0.4) is 0 Å². The number of thiazole rings is 1. The van der Waals surface area contributed by atoms with Gasteiger partial charge in [0.15, 0.2) is 0 Å². The fraction of sp³-hybridized carbons (Fsp3) is 0.524. The van der Waals surface area contributed by atoms with E-state index in [4.69, 9.17) is 16.6 Å². The van der Waals surface area contributed by atoms with Crippen LogP contribution < -0.4 is 0 Å². The summed E-state index contributed by atoms with van der Waals surface area (Å²) in [5.74, 6) is 0.970. The fourth-order valence-electron chi connectivity index (χ4n) is 3.82. The van der Waals surface area contributed by atoms with Crippen molar-refractivity contribution in [3.8, 4) is 11.3 Å². The Labute approximate surface area is 180 Å². The van der Waals surface area contributed by atoms with Gasteiger partial charge in [-0.25, -0.2) is 4.98 Å². The first-order valence-corrected chi connectivity index (χ1v) is 12.3. The lowest BCUT2D eigenvalue weighted by molar-refractivity contribution is -0.130. The first-order valence-electron chi connectivity index (χ1n) is 9.99. The third kappa shape index (κ3) is 5.29. The Bertz CT molecular complexity index is 781. The fourth-order valence-corrected chi connectivity index (χ4v) is 6.02. The third-order valence-electron chi connectivity index (χ3n) is 5.52. The maximum absolute atomic E-state index is 12.5. The largest absolute Gasteiger partial charge is 0.339 e. The van der Waals surface area contributed by atoms with E-state index in [9.17, 15) is 4.79 Å². The summed E-state index contributed by atoms with van der Waals surface area (Å²) in [6, 6.07) is 7.82. The average molecular weight is 436 g/mol. The Morgan fingerprint density at radius 2 is 1.86 bits per heavy atom. The number of carbonyl (C=O) groups excluding carboxylic acids is 1. The van der Waals surface area contributed by atoms with Gasteiger partial charge in [0.05, 0.1) is 18.0 Å². The molecule has 1 saturated carbocycles. The van der Waals surface area contributed by atoms with Gasteiger partial charge in [0.2, 0.25) is 5.91 Å². The molecule has 0 spiro atoms. The number of aromatic nitrogens is 1. The van der Waals surface area contributed by atoms with Crippen LogP contribution in [0.5, 0.6) is 0 Å². The van der Waals surface area contributed by atoms with Crippen molar-refractivity contribution in [1.29, 1.82) is 0 Å². The predicted octanol–water partition coefficient (Wildman–Crippen LogP) is 4.78. The Morgan fingerprint density at radius 3 is 2.57 bits per heavy atom. The van der Waals surface area contributed by atoms with Crippen LogP contribution in [0.15, 0.2) is 29.6 Å². The number of hydrogen-bond donors (Lipinski definition) is 0. The summed E-state index contributed by atoms with van der Waals surface area (Å²) < 4.78 is 0. The van der Waals surface area contributed by atoms with E-state index in [-0.39, 0.29) is 0 Å². The van der Waals surface area contributed by atoms with Crippen LogP contribution in [0, 0.1) is 0 Å². The molecule has 1 aliphatic heterocycles. The van der Waals surface area contributed by atoms with Crippen LogP contribution >= 0.6 is 34.7 Å². The number of halogens is 1. The van der Waals surface area contributed by atoms with Crippen molar-refractivity contribution < 1.29 is 4.79 Å². The van der Waals surface area contributed by atoms with Gasteiger partial charge < -0.3 is 4.90 Å². The summed E-state index contributed by atoms with van der Waals surface area (Å²) in [5.41, 5.74) is 2.11. The molecule has 0 unspecified atom stereocenters. The van der Waals surface area contributed by atoms with Crippen molar-refractivity contribution in [3.63, 3.8) is 0 Å². The topological polar surface area (TPSA) is 36.4 Å². The highest BCUT2D eigenvalue weighted by Gasteiger charge is 2.23. The molecule has 7 heteroatoms. The second-order valence-corrected chi connectivity index (χ2v) is 10.2. The molecule has 1 aromatic heterocycles. The van der Waals surface area contributed by atoms with E-state index in [0.717, 1.165) is 54.0 Å². The summed E-state index contributed by atoms with van der Waals surface area (Å²) in [6.45, 7) is 4.38. The molecule has 2 aliphatic rings. The van der Waals surface area contributed by atoms with Gasteiger partial charge in [0.25, 0.3) is 0 Å². The zero-order chi connectivity index (χ0) is 19.3. The molecule has 2 aromatic rings. The summed E-state index contributed by atoms with van der Waals surface area (Å²) >= 11 is 9.54. The maximum Gasteiger partial charge on any atom is 0.232 e. The van der Waals surface area contributed by atoms with Gasteiger partial charge in [0, 0.05) is 47.4 Å². The molecule has 0 atom stereocenters. The highest BCUT2D eigenvalue weighted by atomic mass is 35.5. The van der Waals surface area contributed by atoms with Crippen molar-refractivity contribution in [2.75, 3.05) is 31.9 Å². The lowest BCUT2D eigenvalue weighted by atomic mass is 10.2. The van der Waals surface area contributed by atoms with Crippen LogP contribution in [-0.2, 0) is 11.3 Å². The summed E-state index contributed by atoms with van der Waals surface area (Å²) in [6.07, 6.45) is 5.25. The maximum atomic E-state index is 12.5. The molecule has 2 fully saturated rings. The number of nitrogens with zero attached hydrogens (tertiary/aromatic N) is 3. The molecule has 1 aliphatic carbocycles. The van der Waals surface area contributed by atoms with Crippen LogP contribution in [-0.4, -0.2) is 57.9 Å². The Balaban J connectivity index is 1.23. The van der Waals surface area contributed by atoms with Crippen molar-refractivity contribution >= 4 is 40.6 Å². The Morgan fingerprint density at radius 1 is 1.14 bits per heavy atom. The van der Waals surface area contributed by atoms with Gasteiger partial charge in [-0.2, -0.15) is 0 Å². The minimum absolute atomic E-state index is 0.316. The molecule has 0 N–H and O–H groups in total. The third-order valence-corrected chi connectivity index (χ3v) is 7.96. The molecular weight excluding hydrogens is 410 g/mol. The van der Waals surface area contributed by atoms with E-state index < -0.39 is 0 Å². The Kier molecular flexibility index (Phi) is 6.94. The van der Waals surface area contributed by atoms with Crippen LogP contribution in [0.1, 0.15) is 30.7 Å². The van der Waals surface area contributed by atoms with Gasteiger partial charge in [-0.05, 0) is 25.0 Å². The SMILES string of the molecule is O=C(CSC1CCCC1)N1CCN(Cc2nc(-c3ccc(Cl)cc3)cs2)CC1. The smallest absolute Gasteiger partial charge is 0.232 e. The zero-order valence-corrected chi connectivity index (χ0v) is 18.4. The molecule has 1 aromatic carbocycles. The molecule has 1 saturated heterocycles. The van der Waals surface area contributed by atoms with Crippen molar-refractivity contribution in [3.05, 3.63) is 39.7 Å². The summed E-state index contributed by atoms with van der Waals surface area (Å²) in [7, 11) is 0. The highest BCUT2D eigenvalue weighted by molar-refractivity contribution is 8.00. The number of amides is 1. The minimum atomic E-state index is 0.316. The Hall–Kier alpha value is -1.08. The van der Waals surface area contributed by atoms with E-state index in [1.54, 1.807) is 11.3 Å². The van der Waals surface area contributed by atoms with E-state index in [1.165, 1.54) is 25.7 Å². The molecule has 150 valence electrons. The summed E-state index contributed by atoms with van der Waals surface area (Å²) in [4.78, 5) is 21.7. The van der Waals surface area contributed by atoms with Gasteiger partial charge in [0.1, 0.15) is 5.01 Å². The van der Waals surface area contributed by atoms with Gasteiger partial charge in [-0.3, -0.25) is 9.69 Å². The molecular formula is C21H26ClN3OS2. The van der Waals surface area contributed by atoms with Crippen LogP contribution in [0.25, 0.3) is 11.3 Å². The van der Waals surface area contributed by atoms with Gasteiger partial charge >= 0.3 is 0 Å². The van der Waals surface area contributed by atoms with Crippen LogP contribution in [0.2, 0.25) is 5.02 Å². The van der Waals surface area contributed by atoms with Gasteiger partial charge in [-0.1, -0.05) is 36.6 Å². The number of carbonyl (C=O) groups is 1. The molecule has 28 heavy (non-hydrogen) atoms. The lowest BCUT2D eigenvalue weighted by Gasteiger charge is -2.34. The molecule has 1 amide bonds. The van der Waals surface area contributed by atoms with E-state index in [1.807, 2.05) is 40.9 Å². The van der Waals surface area contributed by atoms with E-state index >= 15 is 0 Å². The number of thioether (sulfide) groups is 1. The number of hydrogen-bond acceptors (Lipinski definition) is 5. The average Bonchev–Trinajstić information content (AvgIpc) is 3.39. The standard InChI is InChI=1S/C21H26ClN3OS2/c22-17-7-5-16(6-8-17)19-14-28-20(23-19)13-24-9-11-25(12-10-24)21(26)15-27-18-3-1-2-4-18/h5-8,14,18H,1-4,9-13,15H2. The first kappa shape index (κ1) is 20.2. The van der Waals surface area contributed by atoms with E-state index in [0.29, 0.717) is 16.9 Å². The second kappa shape index (κ2) is 9.61. The normalized spacial score (nSPS) is 18.7. The molecule has 0 bridgehead atoms. The molecule has 4 rings (SSSR count). The second-order valence-electron chi connectivity index (χ2n) is 7.51. The van der Waals surface area contributed by atoms with Gasteiger partial charge in [-0.15, -0.1) is 23.1 Å². The highest BCUT2D eigenvalue weighted by Crippen LogP contribution is 2.29. The molecule has 0 radical (unpaired) electrons. The monoisotopic (exact) mass is 435 g/mol. The zero-order valence-electron chi connectivity index (χ0n) is 16.0. The summed E-state index contributed by atoms with van der Waals surface area (Å²) in [5, 5.41) is 4.69. The van der Waals surface area contributed by atoms with Crippen LogP contribution in [0.4, 0.5) is 0 Å². The van der Waals surface area contributed by atoms with Crippen molar-refractivity contribution in [2.24, 2.45) is 0 Å².